The maximum atomic E-state index is 11.2. The molecular weight excluding hydrogens is 264 g/mol. The molecule has 1 amide bonds. The van der Waals surface area contributed by atoms with Crippen LogP contribution in [0.5, 0.6) is 0 Å². The molecule has 1 heterocycles. The van der Waals surface area contributed by atoms with Gasteiger partial charge in [-0.25, -0.2) is 4.98 Å². The second-order valence-electron chi connectivity index (χ2n) is 5.34. The number of nitrogens with zero attached hydrogens (tertiary/aromatic N) is 2. The third kappa shape index (κ3) is 3.56. The summed E-state index contributed by atoms with van der Waals surface area (Å²) in [5.74, 6) is 1.48. The van der Waals surface area contributed by atoms with Crippen LogP contribution in [0.4, 0.5) is 11.5 Å². The first-order valence-corrected chi connectivity index (χ1v) is 7.15. The molecule has 0 unspecified atom stereocenters. The van der Waals surface area contributed by atoms with Gasteiger partial charge in [-0.2, -0.15) is 0 Å². The number of carbonyl (C=O) groups excluding carboxylic acids is 1. The van der Waals surface area contributed by atoms with Crippen molar-refractivity contribution in [3.8, 4) is 11.3 Å². The third-order valence-corrected chi connectivity index (χ3v) is 3.41. The number of benzene rings is 1. The van der Waals surface area contributed by atoms with Crippen molar-refractivity contribution >= 4 is 17.4 Å². The molecule has 108 valence electrons. The fraction of sp³-hybridized carbons (Fsp3) is 0.312. The Balaban J connectivity index is 1.86. The summed E-state index contributed by atoms with van der Waals surface area (Å²) in [6, 6.07) is 7.64. The molecule has 1 aliphatic carbocycles. The molecule has 5 heteroatoms. The van der Waals surface area contributed by atoms with Crippen molar-refractivity contribution in [1.82, 2.24) is 9.97 Å². The van der Waals surface area contributed by atoms with Crippen LogP contribution in [0, 0.1) is 5.92 Å². The van der Waals surface area contributed by atoms with Crippen molar-refractivity contribution in [3.05, 3.63) is 36.7 Å². The molecule has 0 radical (unpaired) electrons. The first-order valence-electron chi connectivity index (χ1n) is 7.15. The molecule has 21 heavy (non-hydrogen) atoms. The van der Waals surface area contributed by atoms with Crippen LogP contribution in [-0.2, 0) is 4.79 Å². The fourth-order valence-electron chi connectivity index (χ4n) is 2.19. The Morgan fingerprint density at radius 1 is 1.29 bits per heavy atom. The van der Waals surface area contributed by atoms with Gasteiger partial charge in [-0.1, -0.05) is 12.1 Å². The summed E-state index contributed by atoms with van der Waals surface area (Å²) in [6.07, 6.45) is 5.96. The molecule has 0 bridgehead atoms. The lowest BCUT2D eigenvalue weighted by atomic mass is 10.1. The minimum absolute atomic E-state index is 0.0848. The molecule has 3 rings (SSSR count). The second kappa shape index (κ2) is 5.91. The van der Waals surface area contributed by atoms with E-state index in [2.05, 4.69) is 20.6 Å². The van der Waals surface area contributed by atoms with Crippen LogP contribution in [0.2, 0.25) is 0 Å². The molecule has 2 N–H and O–H groups in total. The number of hydrogen-bond donors (Lipinski definition) is 2. The van der Waals surface area contributed by atoms with Crippen LogP contribution >= 0.6 is 0 Å². The highest BCUT2D eigenvalue weighted by molar-refractivity contribution is 5.89. The van der Waals surface area contributed by atoms with E-state index in [9.17, 15) is 4.79 Å². The standard InChI is InChI=1S/C16H18N4O/c1-11(21)20-14-4-2-3-13(9-14)15-16(18-8-7-17-15)19-10-12-5-6-12/h2-4,7-9,12H,5-6,10H2,1H3,(H,18,19)(H,20,21). The van der Waals surface area contributed by atoms with Crippen LogP contribution in [0.3, 0.4) is 0 Å². The summed E-state index contributed by atoms with van der Waals surface area (Å²) in [7, 11) is 0. The van der Waals surface area contributed by atoms with Gasteiger partial charge in [0.2, 0.25) is 5.91 Å². The second-order valence-corrected chi connectivity index (χ2v) is 5.34. The van der Waals surface area contributed by atoms with Gasteiger partial charge >= 0.3 is 0 Å². The van der Waals surface area contributed by atoms with Gasteiger partial charge in [0.25, 0.3) is 0 Å². The number of nitrogens with one attached hydrogen (secondary N) is 2. The Morgan fingerprint density at radius 2 is 2.10 bits per heavy atom. The van der Waals surface area contributed by atoms with E-state index in [1.54, 1.807) is 12.4 Å². The summed E-state index contributed by atoms with van der Waals surface area (Å²) in [5.41, 5.74) is 2.51. The number of aromatic nitrogens is 2. The largest absolute Gasteiger partial charge is 0.368 e. The molecule has 0 aliphatic heterocycles. The lowest BCUT2D eigenvalue weighted by molar-refractivity contribution is -0.114. The highest BCUT2D eigenvalue weighted by atomic mass is 16.1. The maximum Gasteiger partial charge on any atom is 0.221 e. The Kier molecular flexibility index (Phi) is 3.81. The molecule has 0 saturated heterocycles. The van der Waals surface area contributed by atoms with E-state index in [0.717, 1.165) is 35.2 Å². The molecular formula is C16H18N4O. The van der Waals surface area contributed by atoms with Crippen molar-refractivity contribution in [1.29, 1.82) is 0 Å². The Morgan fingerprint density at radius 3 is 2.86 bits per heavy atom. The molecule has 0 atom stereocenters. The zero-order valence-electron chi connectivity index (χ0n) is 12.0. The van der Waals surface area contributed by atoms with Gasteiger partial charge in [-0.05, 0) is 30.9 Å². The minimum Gasteiger partial charge on any atom is -0.368 e. The number of amides is 1. The van der Waals surface area contributed by atoms with E-state index in [1.807, 2.05) is 24.3 Å². The van der Waals surface area contributed by atoms with Gasteiger partial charge in [0.15, 0.2) is 5.82 Å². The van der Waals surface area contributed by atoms with E-state index < -0.39 is 0 Å². The highest BCUT2D eigenvalue weighted by Crippen LogP contribution is 2.31. The summed E-state index contributed by atoms with van der Waals surface area (Å²) in [4.78, 5) is 20.0. The van der Waals surface area contributed by atoms with E-state index in [4.69, 9.17) is 0 Å². The van der Waals surface area contributed by atoms with Crippen LogP contribution in [0.25, 0.3) is 11.3 Å². The highest BCUT2D eigenvalue weighted by Gasteiger charge is 2.21. The van der Waals surface area contributed by atoms with Gasteiger partial charge in [-0.15, -0.1) is 0 Å². The Bertz CT molecular complexity index is 652. The molecule has 2 aromatic rings. The average molecular weight is 282 g/mol. The van der Waals surface area contributed by atoms with Crippen molar-refractivity contribution in [2.24, 2.45) is 5.92 Å². The van der Waals surface area contributed by atoms with Crippen molar-refractivity contribution in [2.75, 3.05) is 17.2 Å². The number of anilines is 2. The topological polar surface area (TPSA) is 66.9 Å². The number of carbonyl (C=O) groups is 1. The summed E-state index contributed by atoms with van der Waals surface area (Å²) < 4.78 is 0. The predicted octanol–water partition coefficient (Wildman–Crippen LogP) is 2.92. The fourth-order valence-corrected chi connectivity index (χ4v) is 2.19. The quantitative estimate of drug-likeness (QED) is 0.885. The third-order valence-electron chi connectivity index (χ3n) is 3.41. The molecule has 1 saturated carbocycles. The van der Waals surface area contributed by atoms with Gasteiger partial charge in [-0.3, -0.25) is 9.78 Å². The van der Waals surface area contributed by atoms with Crippen molar-refractivity contribution < 1.29 is 4.79 Å². The van der Waals surface area contributed by atoms with Crippen LogP contribution in [-0.4, -0.2) is 22.4 Å². The summed E-state index contributed by atoms with van der Waals surface area (Å²) in [6.45, 7) is 2.44. The van der Waals surface area contributed by atoms with E-state index in [0.29, 0.717) is 0 Å². The average Bonchev–Trinajstić information content (AvgIpc) is 3.29. The SMILES string of the molecule is CC(=O)Nc1cccc(-c2nccnc2NCC2CC2)c1. The predicted molar refractivity (Wildman–Crippen MR) is 83.0 cm³/mol. The molecule has 1 aromatic carbocycles. The molecule has 1 aliphatic rings. The van der Waals surface area contributed by atoms with Crippen molar-refractivity contribution in [2.45, 2.75) is 19.8 Å². The lowest BCUT2D eigenvalue weighted by Crippen LogP contribution is -2.08. The van der Waals surface area contributed by atoms with Gasteiger partial charge in [0, 0.05) is 37.1 Å². The van der Waals surface area contributed by atoms with Gasteiger partial charge in [0.05, 0.1) is 0 Å². The molecule has 1 aromatic heterocycles. The summed E-state index contributed by atoms with van der Waals surface area (Å²) in [5, 5.41) is 6.16. The van der Waals surface area contributed by atoms with Gasteiger partial charge in [0.1, 0.15) is 5.69 Å². The zero-order valence-corrected chi connectivity index (χ0v) is 12.0. The van der Waals surface area contributed by atoms with Crippen LogP contribution < -0.4 is 10.6 Å². The van der Waals surface area contributed by atoms with Crippen molar-refractivity contribution in [3.63, 3.8) is 0 Å². The normalized spacial score (nSPS) is 13.8. The minimum atomic E-state index is -0.0848. The molecule has 5 nitrogen and oxygen atoms in total. The molecule has 0 spiro atoms. The van der Waals surface area contributed by atoms with Crippen LogP contribution in [0.15, 0.2) is 36.7 Å². The van der Waals surface area contributed by atoms with Crippen LogP contribution in [0.1, 0.15) is 19.8 Å². The summed E-state index contributed by atoms with van der Waals surface area (Å²) >= 11 is 0. The number of hydrogen-bond acceptors (Lipinski definition) is 4. The number of rotatable bonds is 5. The lowest BCUT2D eigenvalue weighted by Gasteiger charge is -2.10. The van der Waals surface area contributed by atoms with E-state index in [-0.39, 0.29) is 5.91 Å². The first-order chi connectivity index (χ1) is 10.2. The maximum absolute atomic E-state index is 11.2. The van der Waals surface area contributed by atoms with E-state index in [1.165, 1.54) is 19.8 Å². The van der Waals surface area contributed by atoms with E-state index >= 15 is 0 Å². The molecule has 1 fully saturated rings. The smallest absolute Gasteiger partial charge is 0.221 e. The monoisotopic (exact) mass is 282 g/mol. The first kappa shape index (κ1) is 13.5. The van der Waals surface area contributed by atoms with Gasteiger partial charge < -0.3 is 10.6 Å². The Labute approximate surface area is 123 Å². The zero-order chi connectivity index (χ0) is 14.7. The Hall–Kier alpha value is -2.43.